The van der Waals surface area contributed by atoms with Crippen LogP contribution in [-0.4, -0.2) is 39.9 Å². The van der Waals surface area contributed by atoms with Gasteiger partial charge in [-0.05, 0) is 19.1 Å². The lowest BCUT2D eigenvalue weighted by Gasteiger charge is -2.12. The van der Waals surface area contributed by atoms with Crippen LogP contribution in [0.2, 0.25) is 0 Å². The normalized spacial score (nSPS) is 14.4. The van der Waals surface area contributed by atoms with E-state index < -0.39 is 36.7 Å². The molecule has 1 unspecified atom stereocenters. The van der Waals surface area contributed by atoms with E-state index in [2.05, 4.69) is 9.71 Å². The molecule has 1 N–H and O–H groups in total. The lowest BCUT2D eigenvalue weighted by atomic mass is 10.4. The first kappa shape index (κ1) is 15.0. The van der Waals surface area contributed by atoms with Gasteiger partial charge in [-0.2, -0.15) is 0 Å². The molecule has 1 heterocycles. The molecule has 18 heavy (non-hydrogen) atoms. The van der Waals surface area contributed by atoms with Crippen molar-refractivity contribution in [1.29, 1.82) is 0 Å². The van der Waals surface area contributed by atoms with Gasteiger partial charge in [-0.1, -0.05) is 0 Å². The third-order valence-electron chi connectivity index (χ3n) is 1.89. The Labute approximate surface area is 105 Å². The molecule has 6 nitrogen and oxygen atoms in total. The molecule has 0 saturated heterocycles. The first-order valence-corrected chi connectivity index (χ1v) is 8.47. The van der Waals surface area contributed by atoms with Gasteiger partial charge in [0.1, 0.15) is 9.84 Å². The van der Waals surface area contributed by atoms with E-state index in [0.29, 0.717) is 0 Å². The van der Waals surface area contributed by atoms with Crippen molar-refractivity contribution in [2.75, 3.05) is 12.0 Å². The van der Waals surface area contributed by atoms with E-state index in [9.17, 15) is 21.2 Å². The predicted octanol–water partition coefficient (Wildman–Crippen LogP) is -0.0679. The number of hydrogen-bond donors (Lipinski definition) is 1. The first-order chi connectivity index (χ1) is 8.12. The zero-order valence-electron chi connectivity index (χ0n) is 9.79. The van der Waals surface area contributed by atoms with Crippen LogP contribution in [0.4, 0.5) is 4.39 Å². The molecule has 0 aromatic carbocycles. The zero-order valence-corrected chi connectivity index (χ0v) is 11.4. The second kappa shape index (κ2) is 5.29. The molecule has 0 aliphatic heterocycles. The first-order valence-electron chi connectivity index (χ1n) is 4.92. The molecule has 0 bridgehead atoms. The largest absolute Gasteiger partial charge is 0.261 e. The molecule has 0 fully saturated rings. The van der Waals surface area contributed by atoms with Gasteiger partial charge in [-0.25, -0.2) is 30.9 Å². The van der Waals surface area contributed by atoms with Gasteiger partial charge in [0, 0.05) is 18.5 Å². The minimum absolute atomic E-state index is 0.374. The maximum Gasteiger partial charge on any atom is 0.261 e. The van der Waals surface area contributed by atoms with Gasteiger partial charge >= 0.3 is 0 Å². The Balaban J connectivity index is 2.93. The van der Waals surface area contributed by atoms with E-state index in [1.54, 1.807) is 0 Å². The predicted molar refractivity (Wildman–Crippen MR) is 63.7 cm³/mol. The minimum atomic E-state index is -4.16. The monoisotopic (exact) mass is 296 g/mol. The average Bonchev–Trinajstić information content (AvgIpc) is 2.13. The summed E-state index contributed by atoms with van der Waals surface area (Å²) in [6.07, 6.45) is 2.12. The lowest BCUT2D eigenvalue weighted by molar-refractivity contribution is 0.536. The highest BCUT2D eigenvalue weighted by Gasteiger charge is 2.24. The van der Waals surface area contributed by atoms with Crippen LogP contribution >= 0.6 is 0 Å². The number of rotatable bonds is 5. The van der Waals surface area contributed by atoms with Gasteiger partial charge < -0.3 is 0 Å². The summed E-state index contributed by atoms with van der Waals surface area (Å²) in [5.41, 5.74) is 0. The average molecular weight is 296 g/mol. The minimum Gasteiger partial charge on any atom is -0.241 e. The quantitative estimate of drug-likeness (QED) is 0.821. The smallest absolute Gasteiger partial charge is 0.241 e. The molecule has 1 rings (SSSR count). The highest BCUT2D eigenvalue weighted by Crippen LogP contribution is 2.10. The van der Waals surface area contributed by atoms with E-state index in [0.717, 1.165) is 18.5 Å². The fourth-order valence-corrected chi connectivity index (χ4v) is 3.72. The van der Waals surface area contributed by atoms with E-state index in [1.807, 2.05) is 0 Å². The Hall–Kier alpha value is -1.06. The van der Waals surface area contributed by atoms with Crippen LogP contribution in [0.3, 0.4) is 0 Å². The Kier molecular flexibility index (Phi) is 4.41. The molecule has 102 valence electrons. The van der Waals surface area contributed by atoms with Crippen molar-refractivity contribution in [3.63, 3.8) is 0 Å². The molecular weight excluding hydrogens is 283 g/mol. The van der Waals surface area contributed by atoms with E-state index in [4.69, 9.17) is 0 Å². The van der Waals surface area contributed by atoms with Crippen molar-refractivity contribution < 1.29 is 21.2 Å². The van der Waals surface area contributed by atoms with Gasteiger partial charge in [-0.3, -0.25) is 0 Å². The van der Waals surface area contributed by atoms with Gasteiger partial charge in [0.05, 0.1) is 5.75 Å². The zero-order chi connectivity index (χ0) is 14.0. The number of aromatic nitrogens is 1. The second-order valence-electron chi connectivity index (χ2n) is 3.91. The maximum absolute atomic E-state index is 13.3. The van der Waals surface area contributed by atoms with Crippen LogP contribution < -0.4 is 4.72 Å². The molecule has 0 aliphatic rings. The van der Waals surface area contributed by atoms with Crippen molar-refractivity contribution in [2.45, 2.75) is 18.0 Å². The molecule has 9 heteroatoms. The summed E-state index contributed by atoms with van der Waals surface area (Å²) < 4.78 is 60.8. The molecule has 1 aromatic rings. The maximum atomic E-state index is 13.3. The summed E-state index contributed by atoms with van der Waals surface area (Å²) in [7, 11) is -7.49. The molecular formula is C9H13FN2O4S2. The molecule has 0 amide bonds. The van der Waals surface area contributed by atoms with E-state index in [1.165, 1.54) is 13.0 Å². The number of halogens is 1. The standard InChI is InChI=1S/C9H13FN2O4S2/c1-7(6-17(2,13)14)12-18(15,16)9-8(10)4-3-5-11-9/h3-5,7,12H,6H2,1-2H3. The van der Waals surface area contributed by atoms with Crippen molar-refractivity contribution in [3.8, 4) is 0 Å². The van der Waals surface area contributed by atoms with Crippen molar-refractivity contribution in [1.82, 2.24) is 9.71 Å². The summed E-state index contributed by atoms with van der Waals surface area (Å²) in [4.78, 5) is 3.42. The fourth-order valence-electron chi connectivity index (χ4n) is 1.38. The fraction of sp³-hybridized carbons (Fsp3) is 0.444. The van der Waals surface area contributed by atoms with Gasteiger partial charge in [0.15, 0.2) is 5.82 Å². The van der Waals surface area contributed by atoms with E-state index in [-0.39, 0.29) is 5.75 Å². The van der Waals surface area contributed by atoms with Crippen molar-refractivity contribution >= 4 is 19.9 Å². The van der Waals surface area contributed by atoms with Gasteiger partial charge in [-0.15, -0.1) is 0 Å². The number of sulfonamides is 1. The number of nitrogens with zero attached hydrogens (tertiary/aromatic N) is 1. The highest BCUT2D eigenvalue weighted by atomic mass is 32.2. The van der Waals surface area contributed by atoms with Gasteiger partial charge in [0.25, 0.3) is 10.0 Å². The number of nitrogens with one attached hydrogen (secondary N) is 1. The summed E-state index contributed by atoms with van der Waals surface area (Å²) in [5, 5.41) is -0.745. The number of hydrogen-bond acceptors (Lipinski definition) is 5. The Bertz CT molecular complexity index is 628. The van der Waals surface area contributed by atoms with Crippen LogP contribution in [0.15, 0.2) is 23.4 Å². The summed E-state index contributed by atoms with van der Waals surface area (Å²) >= 11 is 0. The Morgan fingerprint density at radius 2 is 2.00 bits per heavy atom. The van der Waals surface area contributed by atoms with Crippen molar-refractivity contribution in [2.24, 2.45) is 0 Å². The highest BCUT2D eigenvalue weighted by molar-refractivity contribution is 7.91. The molecule has 0 radical (unpaired) electrons. The van der Waals surface area contributed by atoms with Crippen LogP contribution in [0.25, 0.3) is 0 Å². The number of pyridine rings is 1. The summed E-state index contributed by atoms with van der Waals surface area (Å²) in [5.74, 6) is -1.36. The Morgan fingerprint density at radius 1 is 1.39 bits per heavy atom. The molecule has 0 saturated carbocycles. The van der Waals surface area contributed by atoms with Crippen LogP contribution in [0.5, 0.6) is 0 Å². The van der Waals surface area contributed by atoms with Crippen LogP contribution in [0.1, 0.15) is 6.92 Å². The van der Waals surface area contributed by atoms with E-state index >= 15 is 0 Å². The molecule has 0 spiro atoms. The van der Waals surface area contributed by atoms with Crippen LogP contribution in [0, 0.1) is 5.82 Å². The topological polar surface area (TPSA) is 93.2 Å². The molecule has 1 aromatic heterocycles. The summed E-state index contributed by atoms with van der Waals surface area (Å²) in [6, 6.07) is 1.35. The number of sulfone groups is 1. The third-order valence-corrected chi connectivity index (χ3v) is 4.52. The third kappa shape index (κ3) is 4.31. The summed E-state index contributed by atoms with van der Waals surface area (Å²) in [6.45, 7) is 1.37. The molecule has 1 atom stereocenters. The van der Waals surface area contributed by atoms with Crippen molar-refractivity contribution in [3.05, 3.63) is 24.1 Å². The Morgan fingerprint density at radius 3 is 2.50 bits per heavy atom. The lowest BCUT2D eigenvalue weighted by Crippen LogP contribution is -2.38. The second-order valence-corrected chi connectivity index (χ2v) is 7.72. The SMILES string of the molecule is CC(CS(C)(=O)=O)NS(=O)(=O)c1ncccc1F. The molecule has 0 aliphatic carbocycles. The van der Waals surface area contributed by atoms with Gasteiger partial charge in [0.2, 0.25) is 5.03 Å². The van der Waals surface area contributed by atoms with Crippen LogP contribution in [-0.2, 0) is 19.9 Å².